The summed E-state index contributed by atoms with van der Waals surface area (Å²) < 4.78 is 0. The van der Waals surface area contributed by atoms with E-state index in [4.69, 9.17) is 10.8 Å². The van der Waals surface area contributed by atoms with Crippen LogP contribution in [-0.2, 0) is 0 Å². The van der Waals surface area contributed by atoms with Gasteiger partial charge < -0.3 is 10.8 Å². The molecule has 2 rings (SSSR count). The van der Waals surface area contributed by atoms with E-state index in [-0.39, 0.29) is 5.78 Å². The first kappa shape index (κ1) is 16.1. The zero-order valence-electron chi connectivity index (χ0n) is 11.9. The summed E-state index contributed by atoms with van der Waals surface area (Å²) in [5, 5.41) is 8.70. The van der Waals surface area contributed by atoms with Crippen molar-refractivity contribution >= 4 is 5.78 Å². The van der Waals surface area contributed by atoms with E-state index in [1.54, 1.807) is 13.8 Å². The summed E-state index contributed by atoms with van der Waals surface area (Å²) in [6.07, 6.45) is 0. The molecule has 0 heterocycles. The van der Waals surface area contributed by atoms with Gasteiger partial charge in [0.2, 0.25) is 0 Å². The van der Waals surface area contributed by atoms with Crippen LogP contribution in [0.5, 0.6) is 0 Å². The summed E-state index contributed by atoms with van der Waals surface area (Å²) in [6, 6.07) is 18.6. The average molecular weight is 271 g/mol. The van der Waals surface area contributed by atoms with Gasteiger partial charge in [0.1, 0.15) is 0 Å². The maximum absolute atomic E-state index is 11.8. The first-order chi connectivity index (χ1) is 9.44. The van der Waals surface area contributed by atoms with Crippen LogP contribution >= 0.6 is 0 Å². The Balaban J connectivity index is 0.000000286. The summed E-state index contributed by atoms with van der Waals surface area (Å²) in [5.74, 6) is 0.0752. The highest BCUT2D eigenvalue weighted by molar-refractivity contribution is 6.08. The normalized spacial score (nSPS) is 10.4. The number of ketones is 1. The predicted octanol–water partition coefficient (Wildman–Crippen LogP) is 2.63. The van der Waals surface area contributed by atoms with Crippen molar-refractivity contribution in [2.45, 2.75) is 19.4 Å². The van der Waals surface area contributed by atoms with E-state index in [1.807, 2.05) is 60.7 Å². The topological polar surface area (TPSA) is 63.3 Å². The molecule has 20 heavy (non-hydrogen) atoms. The van der Waals surface area contributed by atoms with Gasteiger partial charge in [-0.15, -0.1) is 0 Å². The summed E-state index contributed by atoms with van der Waals surface area (Å²) in [7, 11) is 0. The summed E-state index contributed by atoms with van der Waals surface area (Å²) in [5.41, 5.74) is 5.84. The lowest BCUT2D eigenvalue weighted by atomic mass is 10.0. The molecule has 0 radical (unpaired) electrons. The molecular formula is C17H21NO2. The average Bonchev–Trinajstić information content (AvgIpc) is 2.48. The third kappa shape index (κ3) is 5.78. The Kier molecular flexibility index (Phi) is 6.10. The third-order valence-electron chi connectivity index (χ3n) is 2.57. The van der Waals surface area contributed by atoms with Crippen LogP contribution < -0.4 is 5.73 Å². The fourth-order valence-corrected chi connectivity index (χ4v) is 1.35. The van der Waals surface area contributed by atoms with E-state index in [0.717, 1.165) is 11.1 Å². The minimum Gasteiger partial charge on any atom is -0.389 e. The maximum atomic E-state index is 11.8. The second-order valence-electron chi connectivity index (χ2n) is 5.08. The second-order valence-corrected chi connectivity index (χ2v) is 5.08. The molecule has 0 aromatic heterocycles. The van der Waals surface area contributed by atoms with E-state index in [9.17, 15) is 4.79 Å². The fourth-order valence-electron chi connectivity index (χ4n) is 1.35. The lowest BCUT2D eigenvalue weighted by Gasteiger charge is -2.11. The number of benzene rings is 2. The van der Waals surface area contributed by atoms with Gasteiger partial charge in [-0.25, -0.2) is 0 Å². The van der Waals surface area contributed by atoms with Gasteiger partial charge in [-0.05, 0) is 13.8 Å². The fraction of sp³-hybridized carbons (Fsp3) is 0.235. The lowest BCUT2D eigenvalue weighted by Crippen LogP contribution is -2.29. The van der Waals surface area contributed by atoms with Crippen LogP contribution in [0.4, 0.5) is 0 Å². The largest absolute Gasteiger partial charge is 0.389 e. The van der Waals surface area contributed by atoms with Crippen molar-refractivity contribution in [1.82, 2.24) is 0 Å². The molecule has 0 atom stereocenters. The zero-order chi connectivity index (χ0) is 15.0. The molecule has 0 fully saturated rings. The van der Waals surface area contributed by atoms with E-state index in [0.29, 0.717) is 6.54 Å². The van der Waals surface area contributed by atoms with Crippen LogP contribution in [0.2, 0.25) is 0 Å². The van der Waals surface area contributed by atoms with Gasteiger partial charge in [0, 0.05) is 17.7 Å². The number of hydrogen-bond donors (Lipinski definition) is 2. The molecule has 2 aromatic rings. The van der Waals surface area contributed by atoms with Crippen LogP contribution in [0.3, 0.4) is 0 Å². The van der Waals surface area contributed by atoms with E-state index in [1.165, 1.54) is 0 Å². The molecule has 0 aliphatic rings. The second kappa shape index (κ2) is 7.58. The van der Waals surface area contributed by atoms with Crippen molar-refractivity contribution in [3.05, 3.63) is 71.8 Å². The van der Waals surface area contributed by atoms with Gasteiger partial charge in [-0.1, -0.05) is 60.7 Å². The maximum Gasteiger partial charge on any atom is 0.193 e. The third-order valence-corrected chi connectivity index (χ3v) is 2.57. The molecule has 0 amide bonds. The molecule has 0 aliphatic carbocycles. The number of aliphatic hydroxyl groups is 1. The number of carbonyl (C=O) groups excluding carboxylic acids is 1. The zero-order valence-corrected chi connectivity index (χ0v) is 11.9. The highest BCUT2D eigenvalue weighted by atomic mass is 16.3. The van der Waals surface area contributed by atoms with Crippen LogP contribution in [-0.4, -0.2) is 23.0 Å². The molecule has 2 aromatic carbocycles. The van der Waals surface area contributed by atoms with Crippen molar-refractivity contribution in [3.8, 4) is 0 Å². The molecule has 106 valence electrons. The number of carbonyl (C=O) groups is 1. The molecular weight excluding hydrogens is 250 g/mol. The standard InChI is InChI=1S/C13H10O.C4H11NO/c14-13(11-7-3-1-4-8-11)12-9-5-2-6-10-12;1-4(2,6)3-5/h1-10H;6H,3,5H2,1-2H3. The van der Waals surface area contributed by atoms with E-state index in [2.05, 4.69) is 0 Å². The number of hydrogen-bond acceptors (Lipinski definition) is 3. The van der Waals surface area contributed by atoms with Gasteiger partial charge in [-0.2, -0.15) is 0 Å². The summed E-state index contributed by atoms with van der Waals surface area (Å²) >= 11 is 0. The van der Waals surface area contributed by atoms with Gasteiger partial charge in [0.05, 0.1) is 5.60 Å². The molecule has 0 unspecified atom stereocenters. The Morgan fingerprint density at radius 2 is 1.25 bits per heavy atom. The molecule has 0 aliphatic heterocycles. The van der Waals surface area contributed by atoms with Crippen LogP contribution in [0.15, 0.2) is 60.7 Å². The summed E-state index contributed by atoms with van der Waals surface area (Å²) in [6.45, 7) is 3.67. The van der Waals surface area contributed by atoms with Crippen LogP contribution in [0.1, 0.15) is 29.8 Å². The SMILES string of the molecule is CC(C)(O)CN.O=C(c1ccccc1)c1ccccc1. The van der Waals surface area contributed by atoms with Gasteiger partial charge in [0.25, 0.3) is 0 Å². The van der Waals surface area contributed by atoms with Crippen LogP contribution in [0.25, 0.3) is 0 Å². The number of nitrogens with two attached hydrogens (primary N) is 1. The Morgan fingerprint density at radius 3 is 1.50 bits per heavy atom. The van der Waals surface area contributed by atoms with E-state index < -0.39 is 5.60 Å². The minimum absolute atomic E-state index is 0.0752. The van der Waals surface area contributed by atoms with Gasteiger partial charge in [0.15, 0.2) is 5.78 Å². The van der Waals surface area contributed by atoms with Crippen molar-refractivity contribution in [3.63, 3.8) is 0 Å². The van der Waals surface area contributed by atoms with E-state index >= 15 is 0 Å². The van der Waals surface area contributed by atoms with Crippen molar-refractivity contribution in [2.75, 3.05) is 6.54 Å². The Bertz CT molecular complexity index is 474. The molecule has 3 heteroatoms. The molecule has 0 bridgehead atoms. The molecule has 0 spiro atoms. The van der Waals surface area contributed by atoms with Crippen molar-refractivity contribution in [1.29, 1.82) is 0 Å². The van der Waals surface area contributed by atoms with Gasteiger partial charge >= 0.3 is 0 Å². The van der Waals surface area contributed by atoms with Crippen molar-refractivity contribution < 1.29 is 9.90 Å². The molecule has 0 saturated carbocycles. The molecule has 0 saturated heterocycles. The highest BCUT2D eigenvalue weighted by Gasteiger charge is 2.06. The van der Waals surface area contributed by atoms with Crippen molar-refractivity contribution in [2.24, 2.45) is 5.73 Å². The van der Waals surface area contributed by atoms with Gasteiger partial charge in [-0.3, -0.25) is 4.79 Å². The lowest BCUT2D eigenvalue weighted by molar-refractivity contribution is 0.0898. The first-order valence-electron chi connectivity index (χ1n) is 6.51. The molecule has 3 N–H and O–H groups in total. The Hall–Kier alpha value is -1.97. The minimum atomic E-state index is -0.681. The van der Waals surface area contributed by atoms with Crippen LogP contribution in [0, 0.1) is 0 Å². The quantitative estimate of drug-likeness (QED) is 0.843. The number of rotatable bonds is 3. The summed E-state index contributed by atoms with van der Waals surface area (Å²) in [4.78, 5) is 11.8. The predicted molar refractivity (Wildman–Crippen MR) is 81.7 cm³/mol. The monoisotopic (exact) mass is 271 g/mol. The smallest absolute Gasteiger partial charge is 0.193 e. The first-order valence-corrected chi connectivity index (χ1v) is 6.51. The highest BCUT2D eigenvalue weighted by Crippen LogP contribution is 2.08. The Morgan fingerprint density at radius 1 is 0.950 bits per heavy atom. The Labute approximate surface area is 120 Å². The molecule has 3 nitrogen and oxygen atoms in total.